The molecule has 0 aliphatic carbocycles. The van der Waals surface area contributed by atoms with E-state index in [4.69, 9.17) is 5.11 Å². The second kappa shape index (κ2) is 9.92. The molecule has 0 fully saturated rings. The SMILES string of the molecule is CN(C)c1ccc(CN2C(=O)c3cccc(F)c3C2CCC(=O)Nc2ccc(C(=O)O)cn2)cc1. The summed E-state index contributed by atoms with van der Waals surface area (Å²) in [4.78, 5) is 44.2. The number of benzene rings is 2. The number of rotatable bonds is 8. The van der Waals surface area contributed by atoms with Crippen LogP contribution in [0.25, 0.3) is 0 Å². The van der Waals surface area contributed by atoms with Gasteiger partial charge in [0.15, 0.2) is 0 Å². The molecule has 0 spiro atoms. The van der Waals surface area contributed by atoms with Crippen LogP contribution in [0, 0.1) is 5.82 Å². The lowest BCUT2D eigenvalue weighted by Gasteiger charge is -2.26. The lowest BCUT2D eigenvalue weighted by molar-refractivity contribution is -0.116. The molecule has 35 heavy (non-hydrogen) atoms. The summed E-state index contributed by atoms with van der Waals surface area (Å²) in [5, 5.41) is 11.6. The van der Waals surface area contributed by atoms with Gasteiger partial charge in [0.25, 0.3) is 5.91 Å². The third-order valence-corrected chi connectivity index (χ3v) is 5.98. The number of hydrogen-bond acceptors (Lipinski definition) is 5. The van der Waals surface area contributed by atoms with Gasteiger partial charge >= 0.3 is 5.97 Å². The molecular weight excluding hydrogens is 451 g/mol. The number of hydrogen-bond donors (Lipinski definition) is 2. The van der Waals surface area contributed by atoms with E-state index >= 15 is 0 Å². The molecule has 0 radical (unpaired) electrons. The van der Waals surface area contributed by atoms with Gasteiger partial charge < -0.3 is 20.2 Å². The van der Waals surface area contributed by atoms with E-state index in [1.54, 1.807) is 11.0 Å². The van der Waals surface area contributed by atoms with Crippen LogP contribution in [0.15, 0.2) is 60.8 Å². The van der Waals surface area contributed by atoms with E-state index in [0.29, 0.717) is 11.1 Å². The number of halogens is 1. The van der Waals surface area contributed by atoms with Crippen molar-refractivity contribution in [2.45, 2.75) is 25.4 Å². The second-order valence-corrected chi connectivity index (χ2v) is 8.53. The summed E-state index contributed by atoms with van der Waals surface area (Å²) in [7, 11) is 3.88. The Morgan fingerprint density at radius 1 is 1.11 bits per heavy atom. The molecule has 2 heterocycles. The molecule has 1 aliphatic heterocycles. The predicted molar refractivity (Wildman–Crippen MR) is 129 cm³/mol. The lowest BCUT2D eigenvalue weighted by atomic mass is 9.99. The summed E-state index contributed by atoms with van der Waals surface area (Å²) < 4.78 is 14.8. The first-order valence-corrected chi connectivity index (χ1v) is 11.1. The summed E-state index contributed by atoms with van der Waals surface area (Å²) >= 11 is 0. The zero-order valence-electron chi connectivity index (χ0n) is 19.4. The number of fused-ring (bicyclic) bond motifs is 1. The number of aromatic carboxylic acids is 1. The fourth-order valence-corrected chi connectivity index (χ4v) is 4.16. The molecule has 0 saturated carbocycles. The molecule has 0 bridgehead atoms. The minimum atomic E-state index is -1.11. The average Bonchev–Trinajstić information content (AvgIpc) is 3.10. The van der Waals surface area contributed by atoms with E-state index in [0.717, 1.165) is 17.4 Å². The maximum Gasteiger partial charge on any atom is 0.337 e. The third kappa shape index (κ3) is 5.13. The topological polar surface area (TPSA) is 103 Å². The Bertz CT molecular complexity index is 1260. The van der Waals surface area contributed by atoms with Gasteiger partial charge in [-0.2, -0.15) is 0 Å². The zero-order valence-corrected chi connectivity index (χ0v) is 19.4. The second-order valence-electron chi connectivity index (χ2n) is 8.53. The van der Waals surface area contributed by atoms with E-state index in [9.17, 15) is 18.8 Å². The highest BCUT2D eigenvalue weighted by Gasteiger charge is 2.38. The van der Waals surface area contributed by atoms with Gasteiger partial charge in [-0.15, -0.1) is 0 Å². The number of nitrogens with zero attached hydrogens (tertiary/aromatic N) is 3. The molecule has 1 aliphatic rings. The smallest absolute Gasteiger partial charge is 0.337 e. The Morgan fingerprint density at radius 2 is 1.86 bits per heavy atom. The molecule has 2 N–H and O–H groups in total. The van der Waals surface area contributed by atoms with Crippen molar-refractivity contribution >= 4 is 29.3 Å². The van der Waals surface area contributed by atoms with Crippen molar-refractivity contribution in [2.24, 2.45) is 0 Å². The van der Waals surface area contributed by atoms with Gasteiger partial charge in [-0.05, 0) is 48.4 Å². The quantitative estimate of drug-likeness (QED) is 0.508. The Labute approximate surface area is 202 Å². The third-order valence-electron chi connectivity index (χ3n) is 5.98. The summed E-state index contributed by atoms with van der Waals surface area (Å²) in [5.41, 5.74) is 2.54. The average molecular weight is 477 g/mol. The van der Waals surface area contributed by atoms with Crippen molar-refractivity contribution in [1.29, 1.82) is 0 Å². The van der Waals surface area contributed by atoms with Crippen LogP contribution in [0.5, 0.6) is 0 Å². The highest BCUT2D eigenvalue weighted by atomic mass is 19.1. The summed E-state index contributed by atoms with van der Waals surface area (Å²) in [6.07, 6.45) is 1.39. The van der Waals surface area contributed by atoms with Crippen molar-refractivity contribution in [2.75, 3.05) is 24.3 Å². The van der Waals surface area contributed by atoms with Gasteiger partial charge in [-0.1, -0.05) is 18.2 Å². The van der Waals surface area contributed by atoms with E-state index in [1.165, 1.54) is 24.3 Å². The number of carboxylic acid groups (broad SMARTS) is 1. The van der Waals surface area contributed by atoms with Gasteiger partial charge in [0.2, 0.25) is 5.91 Å². The van der Waals surface area contributed by atoms with Gasteiger partial charge in [-0.3, -0.25) is 9.59 Å². The number of carbonyl (C=O) groups excluding carboxylic acids is 2. The van der Waals surface area contributed by atoms with Crippen LogP contribution < -0.4 is 10.2 Å². The number of anilines is 2. The van der Waals surface area contributed by atoms with Crippen LogP contribution in [-0.2, 0) is 11.3 Å². The molecule has 1 atom stereocenters. The Balaban J connectivity index is 1.50. The number of amides is 2. The van der Waals surface area contributed by atoms with E-state index < -0.39 is 17.8 Å². The molecule has 3 aromatic rings. The zero-order chi connectivity index (χ0) is 25.1. The molecule has 0 saturated heterocycles. The highest BCUT2D eigenvalue weighted by Crippen LogP contribution is 2.39. The molecule has 4 rings (SSSR count). The van der Waals surface area contributed by atoms with Crippen LogP contribution in [0.4, 0.5) is 15.9 Å². The van der Waals surface area contributed by atoms with Gasteiger partial charge in [0, 0.05) is 50.1 Å². The molecule has 9 heteroatoms. The Morgan fingerprint density at radius 3 is 2.49 bits per heavy atom. The molecule has 1 unspecified atom stereocenters. The maximum absolute atomic E-state index is 14.8. The van der Waals surface area contributed by atoms with Crippen LogP contribution in [0.3, 0.4) is 0 Å². The number of carbonyl (C=O) groups is 3. The van der Waals surface area contributed by atoms with Crippen molar-refractivity contribution < 1.29 is 23.9 Å². The first-order chi connectivity index (χ1) is 16.7. The molecule has 180 valence electrons. The predicted octanol–water partition coefficient (Wildman–Crippen LogP) is 4.10. The number of aromatic nitrogens is 1. The van der Waals surface area contributed by atoms with Gasteiger partial charge in [-0.25, -0.2) is 14.2 Å². The fraction of sp³-hybridized carbons (Fsp3) is 0.231. The molecule has 8 nitrogen and oxygen atoms in total. The van der Waals surface area contributed by atoms with Crippen molar-refractivity contribution in [1.82, 2.24) is 9.88 Å². The van der Waals surface area contributed by atoms with Crippen molar-refractivity contribution in [3.05, 3.63) is 88.9 Å². The van der Waals surface area contributed by atoms with Crippen molar-refractivity contribution in [3.63, 3.8) is 0 Å². The van der Waals surface area contributed by atoms with E-state index in [2.05, 4.69) is 10.3 Å². The minimum Gasteiger partial charge on any atom is -0.478 e. The molecule has 1 aromatic heterocycles. The monoisotopic (exact) mass is 476 g/mol. The van der Waals surface area contributed by atoms with Gasteiger partial charge in [0.05, 0.1) is 11.6 Å². The summed E-state index contributed by atoms with van der Waals surface area (Å²) in [6, 6.07) is 14.4. The fourth-order valence-electron chi connectivity index (χ4n) is 4.16. The van der Waals surface area contributed by atoms with E-state index in [1.807, 2.05) is 43.3 Å². The van der Waals surface area contributed by atoms with Crippen molar-refractivity contribution in [3.8, 4) is 0 Å². The first kappa shape index (κ1) is 23.9. The van der Waals surface area contributed by atoms with Crippen LogP contribution >= 0.6 is 0 Å². The van der Waals surface area contributed by atoms with Crippen LogP contribution in [0.1, 0.15) is 50.7 Å². The van der Waals surface area contributed by atoms with E-state index in [-0.39, 0.29) is 42.6 Å². The maximum atomic E-state index is 14.8. The normalized spacial score (nSPS) is 14.5. The highest BCUT2D eigenvalue weighted by molar-refractivity contribution is 5.99. The molecule has 2 aromatic carbocycles. The number of pyridine rings is 1. The largest absolute Gasteiger partial charge is 0.478 e. The minimum absolute atomic E-state index is 0.00815. The van der Waals surface area contributed by atoms with Crippen LogP contribution in [0.2, 0.25) is 0 Å². The Hall–Kier alpha value is -4.27. The summed E-state index contributed by atoms with van der Waals surface area (Å²) in [6.45, 7) is 0.283. The number of nitrogens with one attached hydrogen (secondary N) is 1. The molecule has 2 amide bonds. The standard InChI is InChI=1S/C26H25FN4O4/c1-30(2)18-9-6-16(7-10-18)15-31-21(24-19(25(31)33)4-3-5-20(24)27)11-13-23(32)29-22-12-8-17(14-28-22)26(34)35/h3-10,12,14,21H,11,13,15H2,1-2H3,(H,34,35)(H,28,29,32). The first-order valence-electron chi connectivity index (χ1n) is 11.1. The summed E-state index contributed by atoms with van der Waals surface area (Å²) in [5.74, 6) is -2.01. The molecular formula is C26H25FN4O4. The Kier molecular flexibility index (Phi) is 6.77. The number of carboxylic acids is 1. The lowest BCUT2D eigenvalue weighted by Crippen LogP contribution is -2.28. The van der Waals surface area contributed by atoms with Crippen LogP contribution in [-0.4, -0.2) is 46.9 Å². The van der Waals surface area contributed by atoms with Gasteiger partial charge in [0.1, 0.15) is 11.6 Å².